The van der Waals surface area contributed by atoms with Crippen LogP contribution in [0, 0.1) is 10.1 Å². The van der Waals surface area contributed by atoms with Crippen molar-refractivity contribution in [1.29, 1.82) is 0 Å². The summed E-state index contributed by atoms with van der Waals surface area (Å²) in [5, 5.41) is 10.5. The van der Waals surface area contributed by atoms with Gasteiger partial charge in [0.2, 0.25) is 0 Å². The highest BCUT2D eigenvalue weighted by atomic mass is 16.7. The van der Waals surface area contributed by atoms with E-state index in [1.54, 1.807) is 0 Å². The van der Waals surface area contributed by atoms with Gasteiger partial charge in [-0.2, -0.15) is 0 Å². The number of benzene rings is 1. The van der Waals surface area contributed by atoms with Crippen LogP contribution in [0.2, 0.25) is 0 Å². The first-order valence-corrected chi connectivity index (χ1v) is 6.72. The molecule has 0 spiro atoms. The van der Waals surface area contributed by atoms with Crippen LogP contribution in [0.25, 0.3) is 0 Å². The van der Waals surface area contributed by atoms with E-state index in [4.69, 9.17) is 9.47 Å². The van der Waals surface area contributed by atoms with Crippen molar-refractivity contribution in [3.05, 3.63) is 34.4 Å². The van der Waals surface area contributed by atoms with Crippen molar-refractivity contribution in [2.45, 2.75) is 39.0 Å². The maximum absolute atomic E-state index is 11.3. The zero-order chi connectivity index (χ0) is 14.8. The Bertz CT molecular complexity index is 430. The number of unbranched alkanes of at least 4 members (excludes halogenated alkanes) is 4. The predicted molar refractivity (Wildman–Crippen MR) is 73.8 cm³/mol. The summed E-state index contributed by atoms with van der Waals surface area (Å²) >= 11 is 0. The van der Waals surface area contributed by atoms with Crippen molar-refractivity contribution in [3.63, 3.8) is 0 Å². The van der Waals surface area contributed by atoms with E-state index < -0.39 is 11.1 Å². The van der Waals surface area contributed by atoms with E-state index in [9.17, 15) is 14.9 Å². The van der Waals surface area contributed by atoms with Crippen LogP contribution >= 0.6 is 0 Å². The lowest BCUT2D eigenvalue weighted by Crippen LogP contribution is -2.11. The summed E-state index contributed by atoms with van der Waals surface area (Å²) in [7, 11) is 0. The number of non-ortho nitro benzene ring substituents is 1. The van der Waals surface area contributed by atoms with E-state index in [1.807, 2.05) is 0 Å². The minimum Gasteiger partial charge on any atom is -0.434 e. The topological polar surface area (TPSA) is 78.7 Å². The molecule has 0 aliphatic carbocycles. The molecule has 0 radical (unpaired) electrons. The molecule has 1 rings (SSSR count). The van der Waals surface area contributed by atoms with Crippen molar-refractivity contribution in [2.24, 2.45) is 0 Å². The predicted octanol–water partition coefficient (Wildman–Crippen LogP) is 4.08. The van der Waals surface area contributed by atoms with Crippen LogP contribution in [0.5, 0.6) is 5.75 Å². The second kappa shape index (κ2) is 8.90. The third-order valence-corrected chi connectivity index (χ3v) is 2.72. The van der Waals surface area contributed by atoms with Gasteiger partial charge in [-0.15, -0.1) is 0 Å². The molecule has 0 atom stereocenters. The van der Waals surface area contributed by atoms with Crippen molar-refractivity contribution >= 4 is 11.8 Å². The number of carbonyl (C=O) groups excluding carboxylic acids is 1. The molecular formula is C14H19NO5. The number of nitro groups is 1. The lowest BCUT2D eigenvalue weighted by Gasteiger charge is -2.05. The summed E-state index contributed by atoms with van der Waals surface area (Å²) in [6, 6.07) is 5.27. The Labute approximate surface area is 117 Å². The standard InChI is InChI=1S/C14H19NO5/c1-2-3-4-5-6-11-19-14(16)20-13-9-7-12(8-10-13)15(17)18/h7-10H,2-6,11H2,1H3. The second-order valence-electron chi connectivity index (χ2n) is 4.37. The van der Waals surface area contributed by atoms with Crippen molar-refractivity contribution in [2.75, 3.05) is 6.61 Å². The fourth-order valence-electron chi connectivity index (χ4n) is 1.62. The lowest BCUT2D eigenvalue weighted by molar-refractivity contribution is -0.384. The molecule has 1 aromatic rings. The molecule has 0 aliphatic heterocycles. The maximum Gasteiger partial charge on any atom is 0.513 e. The summed E-state index contributed by atoms with van der Waals surface area (Å²) in [6.45, 7) is 2.47. The van der Waals surface area contributed by atoms with Gasteiger partial charge in [0.1, 0.15) is 5.75 Å². The molecule has 0 N–H and O–H groups in total. The highest BCUT2D eigenvalue weighted by Gasteiger charge is 2.08. The largest absolute Gasteiger partial charge is 0.513 e. The van der Waals surface area contributed by atoms with Gasteiger partial charge in [-0.3, -0.25) is 10.1 Å². The average molecular weight is 281 g/mol. The van der Waals surface area contributed by atoms with Crippen molar-refractivity contribution in [1.82, 2.24) is 0 Å². The SMILES string of the molecule is CCCCCCCOC(=O)Oc1ccc([N+](=O)[O-])cc1. The molecule has 1 aromatic carbocycles. The van der Waals surface area contributed by atoms with Crippen LogP contribution in [0.3, 0.4) is 0 Å². The van der Waals surface area contributed by atoms with E-state index in [1.165, 1.54) is 37.1 Å². The molecule has 0 heterocycles. The number of hydrogen-bond donors (Lipinski definition) is 0. The smallest absolute Gasteiger partial charge is 0.434 e. The molecule has 0 unspecified atom stereocenters. The molecule has 0 aromatic heterocycles. The molecule has 0 amide bonds. The number of carbonyl (C=O) groups is 1. The minimum atomic E-state index is -0.783. The molecule has 0 saturated heterocycles. The summed E-state index contributed by atoms with van der Waals surface area (Å²) < 4.78 is 9.80. The molecule has 20 heavy (non-hydrogen) atoms. The monoisotopic (exact) mass is 281 g/mol. The first kappa shape index (κ1) is 15.9. The Morgan fingerprint density at radius 1 is 1.15 bits per heavy atom. The molecule has 0 bridgehead atoms. The maximum atomic E-state index is 11.3. The number of rotatable bonds is 8. The van der Waals surface area contributed by atoms with Crippen LogP contribution < -0.4 is 4.74 Å². The second-order valence-corrected chi connectivity index (χ2v) is 4.37. The van der Waals surface area contributed by atoms with Crippen molar-refractivity contribution in [3.8, 4) is 5.75 Å². The highest BCUT2D eigenvalue weighted by Crippen LogP contribution is 2.17. The van der Waals surface area contributed by atoms with Gasteiger partial charge in [-0.25, -0.2) is 4.79 Å². The number of nitro benzene ring substituents is 1. The van der Waals surface area contributed by atoms with E-state index in [0.717, 1.165) is 19.3 Å². The normalized spacial score (nSPS) is 10.1. The van der Waals surface area contributed by atoms with Gasteiger partial charge in [0.05, 0.1) is 11.5 Å². The third kappa shape index (κ3) is 6.17. The number of ether oxygens (including phenoxy) is 2. The summed E-state index contributed by atoms with van der Waals surface area (Å²) in [6.07, 6.45) is 4.55. The Morgan fingerprint density at radius 2 is 1.80 bits per heavy atom. The molecule has 0 saturated carbocycles. The van der Waals surface area contributed by atoms with E-state index in [-0.39, 0.29) is 11.4 Å². The molecular weight excluding hydrogens is 262 g/mol. The molecule has 6 nitrogen and oxygen atoms in total. The van der Waals surface area contributed by atoms with Crippen LogP contribution in [-0.4, -0.2) is 17.7 Å². The number of nitrogens with zero attached hydrogens (tertiary/aromatic N) is 1. The van der Waals surface area contributed by atoms with E-state index >= 15 is 0 Å². The molecule has 0 aliphatic rings. The molecule has 6 heteroatoms. The summed E-state index contributed by atoms with van der Waals surface area (Å²) in [5.74, 6) is 0.228. The average Bonchev–Trinajstić information content (AvgIpc) is 2.43. The van der Waals surface area contributed by atoms with Crippen LogP contribution in [0.1, 0.15) is 39.0 Å². The Hall–Kier alpha value is -2.11. The Kier molecular flexibility index (Phi) is 7.10. The van der Waals surface area contributed by atoms with E-state index in [0.29, 0.717) is 6.61 Å². The zero-order valence-corrected chi connectivity index (χ0v) is 11.5. The van der Waals surface area contributed by atoms with Crippen LogP contribution in [0.4, 0.5) is 10.5 Å². The first-order chi connectivity index (χ1) is 9.63. The lowest BCUT2D eigenvalue weighted by atomic mass is 10.2. The number of hydrogen-bond acceptors (Lipinski definition) is 5. The third-order valence-electron chi connectivity index (χ3n) is 2.72. The zero-order valence-electron chi connectivity index (χ0n) is 11.5. The molecule has 110 valence electrons. The van der Waals surface area contributed by atoms with Gasteiger partial charge in [0, 0.05) is 12.1 Å². The van der Waals surface area contributed by atoms with Crippen LogP contribution in [0.15, 0.2) is 24.3 Å². The molecule has 0 fully saturated rings. The van der Waals surface area contributed by atoms with Crippen molar-refractivity contribution < 1.29 is 19.2 Å². The van der Waals surface area contributed by atoms with Gasteiger partial charge in [0.25, 0.3) is 5.69 Å². The Morgan fingerprint density at radius 3 is 2.40 bits per heavy atom. The minimum absolute atomic E-state index is 0.0540. The van der Waals surface area contributed by atoms with Gasteiger partial charge >= 0.3 is 6.16 Å². The van der Waals surface area contributed by atoms with Gasteiger partial charge in [-0.1, -0.05) is 32.6 Å². The summed E-state index contributed by atoms with van der Waals surface area (Å²) in [5.41, 5.74) is -0.0540. The van der Waals surface area contributed by atoms with Gasteiger partial charge < -0.3 is 9.47 Å². The fourth-order valence-corrected chi connectivity index (χ4v) is 1.62. The first-order valence-electron chi connectivity index (χ1n) is 6.72. The van der Waals surface area contributed by atoms with Crippen LogP contribution in [-0.2, 0) is 4.74 Å². The van der Waals surface area contributed by atoms with Gasteiger partial charge in [-0.05, 0) is 18.6 Å². The Balaban J connectivity index is 2.23. The van der Waals surface area contributed by atoms with E-state index in [2.05, 4.69) is 6.92 Å². The van der Waals surface area contributed by atoms with Gasteiger partial charge in [0.15, 0.2) is 0 Å². The quantitative estimate of drug-likeness (QED) is 0.236. The highest BCUT2D eigenvalue weighted by molar-refractivity contribution is 5.63. The summed E-state index contributed by atoms with van der Waals surface area (Å²) in [4.78, 5) is 21.3. The fraction of sp³-hybridized carbons (Fsp3) is 0.500.